The minimum atomic E-state index is -0.446. The molecule has 0 spiro atoms. The van der Waals surface area contributed by atoms with Crippen molar-refractivity contribution >= 4 is 17.1 Å². The van der Waals surface area contributed by atoms with Gasteiger partial charge in [0.2, 0.25) is 0 Å². The Morgan fingerprint density at radius 3 is 2.62 bits per heavy atom. The van der Waals surface area contributed by atoms with Crippen molar-refractivity contribution in [2.24, 2.45) is 0 Å². The largest absolute Gasteiger partial charge is 0.301 e. The molecule has 0 aliphatic carbocycles. The van der Waals surface area contributed by atoms with Crippen molar-refractivity contribution in [3.05, 3.63) is 22.4 Å². The Hall–Kier alpha value is -0.670. The average molecular weight is 239 g/mol. The molecule has 0 radical (unpaired) electrons. The normalized spacial score (nSPS) is 14.7. The highest BCUT2D eigenvalue weighted by molar-refractivity contribution is 7.10. The minimum absolute atomic E-state index is 0.321. The highest BCUT2D eigenvalue weighted by Crippen LogP contribution is 2.31. The molecular formula is C13H21NOS. The van der Waals surface area contributed by atoms with Crippen LogP contribution >= 0.6 is 11.3 Å². The molecule has 0 saturated carbocycles. The number of nitrogens with one attached hydrogen (secondary N) is 1. The lowest BCUT2D eigenvalue weighted by Crippen LogP contribution is -2.48. The van der Waals surface area contributed by atoms with Crippen LogP contribution in [0.1, 0.15) is 44.9 Å². The number of hydrogen-bond acceptors (Lipinski definition) is 3. The zero-order valence-electron chi connectivity index (χ0n) is 10.4. The van der Waals surface area contributed by atoms with Gasteiger partial charge in [-0.2, -0.15) is 0 Å². The molecule has 1 aromatic rings. The van der Waals surface area contributed by atoms with Crippen LogP contribution in [0, 0.1) is 0 Å². The predicted octanol–water partition coefficient (Wildman–Crippen LogP) is 3.33. The summed E-state index contributed by atoms with van der Waals surface area (Å²) in [5, 5.41) is 5.43. The van der Waals surface area contributed by atoms with Crippen molar-refractivity contribution < 1.29 is 4.79 Å². The molecule has 1 aromatic heterocycles. The molecule has 3 heteroatoms. The number of hydrogen-bond donors (Lipinski definition) is 1. The van der Waals surface area contributed by atoms with Crippen LogP contribution < -0.4 is 5.32 Å². The number of rotatable bonds is 7. The predicted molar refractivity (Wildman–Crippen MR) is 69.9 cm³/mol. The van der Waals surface area contributed by atoms with Gasteiger partial charge in [-0.05, 0) is 30.8 Å². The summed E-state index contributed by atoms with van der Waals surface area (Å²) in [4.78, 5) is 13.5. The van der Waals surface area contributed by atoms with Gasteiger partial charge in [0.25, 0.3) is 0 Å². The molecular weight excluding hydrogens is 218 g/mol. The fourth-order valence-electron chi connectivity index (χ4n) is 2.08. The third kappa shape index (κ3) is 2.53. The topological polar surface area (TPSA) is 29.1 Å². The van der Waals surface area contributed by atoms with E-state index in [-0.39, 0.29) is 0 Å². The summed E-state index contributed by atoms with van der Waals surface area (Å²) in [6, 6.07) is 4.07. The highest BCUT2D eigenvalue weighted by Gasteiger charge is 2.37. The fourth-order valence-corrected chi connectivity index (χ4v) is 3.08. The molecule has 90 valence electrons. The monoisotopic (exact) mass is 239 g/mol. The molecule has 1 atom stereocenters. The zero-order chi connectivity index (χ0) is 12.0. The van der Waals surface area contributed by atoms with Crippen molar-refractivity contribution in [3.8, 4) is 0 Å². The molecule has 1 rings (SSSR count). The van der Waals surface area contributed by atoms with E-state index >= 15 is 0 Å². The standard InChI is InChI=1S/C13H21NOS/c1-4-8-11(15)13(5-2,14-6-3)12-9-7-10-16-12/h7,9-10,14H,4-6,8H2,1-3H3. The van der Waals surface area contributed by atoms with Gasteiger partial charge in [-0.3, -0.25) is 4.79 Å². The first-order valence-electron chi connectivity index (χ1n) is 6.03. The van der Waals surface area contributed by atoms with Crippen molar-refractivity contribution in [1.29, 1.82) is 0 Å². The van der Waals surface area contributed by atoms with Crippen LogP contribution in [0.15, 0.2) is 17.5 Å². The van der Waals surface area contributed by atoms with Gasteiger partial charge in [0.05, 0.1) is 0 Å². The second-order valence-corrected chi connectivity index (χ2v) is 4.89. The first-order chi connectivity index (χ1) is 7.71. The molecule has 0 amide bonds. The maximum absolute atomic E-state index is 12.3. The van der Waals surface area contributed by atoms with Gasteiger partial charge in [-0.25, -0.2) is 0 Å². The summed E-state index contributed by atoms with van der Waals surface area (Å²) in [6.45, 7) is 7.01. The van der Waals surface area contributed by atoms with Crippen LogP contribution in [0.2, 0.25) is 0 Å². The van der Waals surface area contributed by atoms with E-state index in [1.807, 2.05) is 11.4 Å². The highest BCUT2D eigenvalue weighted by atomic mass is 32.1. The molecule has 0 fully saturated rings. The average Bonchev–Trinajstić information content (AvgIpc) is 2.80. The number of Topliss-reactive ketones (excluding diaryl/α,β-unsaturated/α-hetero) is 1. The number of likely N-dealkylation sites (N-methyl/N-ethyl adjacent to an activating group) is 1. The SMILES string of the molecule is CCCC(=O)C(CC)(NCC)c1cccs1. The quantitative estimate of drug-likeness (QED) is 0.790. The number of thiophene rings is 1. The molecule has 0 bridgehead atoms. The van der Waals surface area contributed by atoms with E-state index in [2.05, 4.69) is 32.2 Å². The lowest BCUT2D eigenvalue weighted by Gasteiger charge is -2.31. The Labute approximate surface area is 102 Å². The van der Waals surface area contributed by atoms with Crippen molar-refractivity contribution in [1.82, 2.24) is 5.32 Å². The van der Waals surface area contributed by atoms with Gasteiger partial charge in [-0.1, -0.05) is 26.8 Å². The minimum Gasteiger partial charge on any atom is -0.301 e. The van der Waals surface area contributed by atoms with Crippen molar-refractivity contribution in [2.45, 2.75) is 45.6 Å². The summed E-state index contributed by atoms with van der Waals surface area (Å²) in [6.07, 6.45) is 2.39. The summed E-state index contributed by atoms with van der Waals surface area (Å²) >= 11 is 1.67. The van der Waals surface area contributed by atoms with E-state index in [0.29, 0.717) is 12.2 Å². The van der Waals surface area contributed by atoms with Crippen LogP contribution in [0.5, 0.6) is 0 Å². The van der Waals surface area contributed by atoms with E-state index in [4.69, 9.17) is 0 Å². The van der Waals surface area contributed by atoms with Gasteiger partial charge < -0.3 is 5.32 Å². The van der Waals surface area contributed by atoms with Gasteiger partial charge in [0.1, 0.15) is 5.54 Å². The Morgan fingerprint density at radius 1 is 1.44 bits per heavy atom. The third-order valence-electron chi connectivity index (χ3n) is 2.90. The van der Waals surface area contributed by atoms with Gasteiger partial charge in [-0.15, -0.1) is 11.3 Å². The van der Waals surface area contributed by atoms with E-state index in [9.17, 15) is 4.79 Å². The number of carbonyl (C=O) groups is 1. The fraction of sp³-hybridized carbons (Fsp3) is 0.615. The Balaban J connectivity index is 3.04. The number of ketones is 1. The van der Waals surface area contributed by atoms with Gasteiger partial charge >= 0.3 is 0 Å². The summed E-state index contributed by atoms with van der Waals surface area (Å²) in [7, 11) is 0. The Morgan fingerprint density at radius 2 is 2.19 bits per heavy atom. The van der Waals surface area contributed by atoms with Crippen LogP contribution in [0.3, 0.4) is 0 Å². The molecule has 0 aromatic carbocycles. The molecule has 16 heavy (non-hydrogen) atoms. The smallest absolute Gasteiger partial charge is 0.158 e. The van der Waals surface area contributed by atoms with Crippen LogP contribution in [0.25, 0.3) is 0 Å². The van der Waals surface area contributed by atoms with E-state index < -0.39 is 5.54 Å². The van der Waals surface area contributed by atoms with Gasteiger partial charge in [0.15, 0.2) is 5.78 Å². The van der Waals surface area contributed by atoms with E-state index in [1.165, 1.54) is 0 Å². The van der Waals surface area contributed by atoms with Crippen LogP contribution in [0.4, 0.5) is 0 Å². The first kappa shape index (κ1) is 13.4. The van der Waals surface area contributed by atoms with Crippen LogP contribution in [-0.4, -0.2) is 12.3 Å². The lowest BCUT2D eigenvalue weighted by atomic mass is 9.86. The third-order valence-corrected chi connectivity index (χ3v) is 3.94. The Bertz CT molecular complexity index is 321. The van der Waals surface area contributed by atoms with E-state index in [0.717, 1.165) is 24.3 Å². The summed E-state index contributed by atoms with van der Waals surface area (Å²) in [5.41, 5.74) is -0.446. The van der Waals surface area contributed by atoms with E-state index in [1.54, 1.807) is 11.3 Å². The maximum atomic E-state index is 12.3. The lowest BCUT2D eigenvalue weighted by molar-refractivity contribution is -0.126. The first-order valence-corrected chi connectivity index (χ1v) is 6.91. The molecule has 1 heterocycles. The molecule has 0 aliphatic heterocycles. The molecule has 2 nitrogen and oxygen atoms in total. The number of carbonyl (C=O) groups excluding carboxylic acids is 1. The summed E-state index contributed by atoms with van der Waals surface area (Å²) < 4.78 is 0. The second-order valence-electron chi connectivity index (χ2n) is 3.94. The molecule has 0 saturated heterocycles. The molecule has 0 aliphatic rings. The molecule has 1 N–H and O–H groups in total. The van der Waals surface area contributed by atoms with Gasteiger partial charge in [0, 0.05) is 11.3 Å². The Kier molecular flexibility index (Phi) is 5.16. The van der Waals surface area contributed by atoms with Crippen molar-refractivity contribution in [2.75, 3.05) is 6.54 Å². The molecule has 1 unspecified atom stereocenters. The van der Waals surface area contributed by atoms with Crippen molar-refractivity contribution in [3.63, 3.8) is 0 Å². The maximum Gasteiger partial charge on any atom is 0.158 e. The zero-order valence-corrected chi connectivity index (χ0v) is 11.2. The van der Waals surface area contributed by atoms with Crippen LogP contribution in [-0.2, 0) is 10.3 Å². The second kappa shape index (κ2) is 6.16. The summed E-state index contributed by atoms with van der Waals surface area (Å²) in [5.74, 6) is 0.321.